The second kappa shape index (κ2) is 6.46. The highest BCUT2D eigenvalue weighted by Gasteiger charge is 2.49. The van der Waals surface area contributed by atoms with Crippen LogP contribution >= 0.6 is 0 Å². The van der Waals surface area contributed by atoms with E-state index < -0.39 is 29.7 Å². The molecule has 1 aromatic carbocycles. The van der Waals surface area contributed by atoms with Crippen LogP contribution in [-0.4, -0.2) is 47.0 Å². The van der Waals surface area contributed by atoms with Crippen LogP contribution in [0.2, 0.25) is 0 Å². The Kier molecular flexibility index (Phi) is 4.86. The molecular formula is C13H17NO7. The van der Waals surface area contributed by atoms with Crippen molar-refractivity contribution in [3.05, 3.63) is 39.9 Å². The maximum Gasteiger partial charge on any atom is 0.274 e. The van der Waals surface area contributed by atoms with Crippen LogP contribution in [0.1, 0.15) is 12.0 Å². The standard InChI is InChI=1S/C13H17NO7/c1-19-13(8-15)11(16)6-12(21-13)20-7-9-4-2-3-5-10(9)14(17)18/h2-5,11-12,15-16H,6-8H2,1H3/t11-,12+,13+/m0/s1. The first-order valence-corrected chi connectivity index (χ1v) is 6.38. The Morgan fingerprint density at radius 1 is 1.52 bits per heavy atom. The van der Waals surface area contributed by atoms with Gasteiger partial charge in [-0.15, -0.1) is 0 Å². The number of ether oxygens (including phenoxy) is 3. The summed E-state index contributed by atoms with van der Waals surface area (Å²) in [5.74, 6) is -1.51. The third-order valence-corrected chi connectivity index (χ3v) is 3.43. The van der Waals surface area contributed by atoms with Gasteiger partial charge in [0.1, 0.15) is 6.10 Å². The number of hydrogen-bond acceptors (Lipinski definition) is 7. The summed E-state index contributed by atoms with van der Waals surface area (Å²) in [5.41, 5.74) is 0.357. The molecule has 1 aliphatic rings. The van der Waals surface area contributed by atoms with Gasteiger partial charge in [0.15, 0.2) is 6.29 Å². The number of para-hydroxylation sites is 1. The van der Waals surface area contributed by atoms with E-state index in [-0.39, 0.29) is 18.7 Å². The van der Waals surface area contributed by atoms with Gasteiger partial charge >= 0.3 is 0 Å². The Hall–Kier alpha value is -1.58. The fraction of sp³-hybridized carbons (Fsp3) is 0.538. The Balaban J connectivity index is 2.01. The van der Waals surface area contributed by atoms with E-state index in [4.69, 9.17) is 14.2 Å². The molecule has 3 atom stereocenters. The molecule has 1 aliphatic heterocycles. The second-order valence-electron chi connectivity index (χ2n) is 4.67. The summed E-state index contributed by atoms with van der Waals surface area (Å²) in [4.78, 5) is 10.4. The molecule has 1 fully saturated rings. The SMILES string of the molecule is CO[C@]1(CO)O[C@@H](OCc2ccccc2[N+](=O)[O-])C[C@@H]1O. The average molecular weight is 299 g/mol. The van der Waals surface area contributed by atoms with Gasteiger partial charge in [0.2, 0.25) is 5.79 Å². The predicted octanol–water partition coefficient (Wildman–Crippen LogP) is 0.554. The van der Waals surface area contributed by atoms with Gasteiger partial charge in [0.05, 0.1) is 23.7 Å². The minimum Gasteiger partial charge on any atom is -0.391 e. The molecule has 2 N–H and O–H groups in total. The lowest BCUT2D eigenvalue weighted by Gasteiger charge is -2.27. The second-order valence-corrected chi connectivity index (χ2v) is 4.67. The number of nitrogens with zero attached hydrogens (tertiary/aromatic N) is 1. The smallest absolute Gasteiger partial charge is 0.274 e. The van der Waals surface area contributed by atoms with E-state index >= 15 is 0 Å². The van der Waals surface area contributed by atoms with Crippen molar-refractivity contribution in [2.45, 2.75) is 31.2 Å². The highest BCUT2D eigenvalue weighted by Crippen LogP contribution is 2.32. The van der Waals surface area contributed by atoms with E-state index in [2.05, 4.69) is 0 Å². The summed E-state index contributed by atoms with van der Waals surface area (Å²) < 4.78 is 15.8. The summed E-state index contributed by atoms with van der Waals surface area (Å²) in [5, 5.41) is 30.0. The zero-order valence-corrected chi connectivity index (χ0v) is 11.5. The normalized spacial score (nSPS) is 28.7. The number of hydrogen-bond donors (Lipinski definition) is 2. The van der Waals surface area contributed by atoms with Crippen molar-refractivity contribution in [2.24, 2.45) is 0 Å². The number of aliphatic hydroxyl groups is 2. The maximum atomic E-state index is 10.9. The molecule has 2 rings (SSSR count). The maximum absolute atomic E-state index is 10.9. The van der Waals surface area contributed by atoms with Crippen molar-refractivity contribution in [3.63, 3.8) is 0 Å². The molecule has 0 spiro atoms. The van der Waals surface area contributed by atoms with Crippen molar-refractivity contribution in [3.8, 4) is 0 Å². The number of methoxy groups -OCH3 is 1. The fourth-order valence-electron chi connectivity index (χ4n) is 2.20. The minimum absolute atomic E-state index is 0.0419. The van der Waals surface area contributed by atoms with Gasteiger partial charge in [-0.3, -0.25) is 10.1 Å². The molecule has 1 heterocycles. The van der Waals surface area contributed by atoms with E-state index in [1.165, 1.54) is 13.2 Å². The lowest BCUT2D eigenvalue weighted by molar-refractivity contribution is -0.386. The summed E-state index contributed by atoms with van der Waals surface area (Å²) in [6, 6.07) is 6.21. The van der Waals surface area contributed by atoms with Gasteiger partial charge in [0, 0.05) is 19.6 Å². The number of aliphatic hydroxyl groups excluding tert-OH is 2. The van der Waals surface area contributed by atoms with Crippen molar-refractivity contribution >= 4 is 5.69 Å². The predicted molar refractivity (Wildman–Crippen MR) is 70.2 cm³/mol. The molecule has 1 saturated heterocycles. The molecule has 8 nitrogen and oxygen atoms in total. The molecule has 116 valence electrons. The van der Waals surface area contributed by atoms with Gasteiger partial charge < -0.3 is 24.4 Å². The van der Waals surface area contributed by atoms with Gasteiger partial charge in [-0.2, -0.15) is 0 Å². The van der Waals surface area contributed by atoms with Crippen LogP contribution in [0, 0.1) is 10.1 Å². The summed E-state index contributed by atoms with van der Waals surface area (Å²) in [6.07, 6.45) is -1.75. The van der Waals surface area contributed by atoms with Crippen LogP contribution < -0.4 is 0 Å². The van der Waals surface area contributed by atoms with Crippen molar-refractivity contribution in [1.82, 2.24) is 0 Å². The first-order valence-electron chi connectivity index (χ1n) is 6.38. The summed E-state index contributed by atoms with van der Waals surface area (Å²) >= 11 is 0. The first kappa shape index (κ1) is 15.8. The molecule has 21 heavy (non-hydrogen) atoms. The zero-order chi connectivity index (χ0) is 15.5. The van der Waals surface area contributed by atoms with Crippen LogP contribution in [0.4, 0.5) is 5.69 Å². The number of benzene rings is 1. The van der Waals surface area contributed by atoms with E-state index in [1.807, 2.05) is 0 Å². The van der Waals surface area contributed by atoms with Crippen LogP contribution in [0.15, 0.2) is 24.3 Å². The van der Waals surface area contributed by atoms with Crippen molar-refractivity contribution in [2.75, 3.05) is 13.7 Å². The van der Waals surface area contributed by atoms with Crippen LogP contribution in [0.3, 0.4) is 0 Å². The van der Waals surface area contributed by atoms with E-state index in [0.29, 0.717) is 5.56 Å². The van der Waals surface area contributed by atoms with Crippen LogP contribution in [-0.2, 0) is 20.8 Å². The Bertz CT molecular complexity index is 503. The fourth-order valence-corrected chi connectivity index (χ4v) is 2.20. The lowest BCUT2D eigenvalue weighted by atomic mass is 10.1. The molecule has 0 amide bonds. The third kappa shape index (κ3) is 3.20. The zero-order valence-electron chi connectivity index (χ0n) is 11.5. The molecular weight excluding hydrogens is 282 g/mol. The molecule has 0 aromatic heterocycles. The molecule has 0 bridgehead atoms. The monoisotopic (exact) mass is 299 g/mol. The molecule has 0 saturated carbocycles. The highest BCUT2D eigenvalue weighted by molar-refractivity contribution is 5.39. The number of rotatable bonds is 6. The third-order valence-electron chi connectivity index (χ3n) is 3.43. The van der Waals surface area contributed by atoms with E-state index in [0.717, 1.165) is 0 Å². The molecule has 0 unspecified atom stereocenters. The highest BCUT2D eigenvalue weighted by atomic mass is 16.8. The quantitative estimate of drug-likeness (QED) is 0.583. The summed E-state index contributed by atoms with van der Waals surface area (Å²) in [7, 11) is 1.31. The topological polar surface area (TPSA) is 111 Å². The largest absolute Gasteiger partial charge is 0.391 e. The molecule has 0 aliphatic carbocycles. The van der Waals surface area contributed by atoms with Crippen molar-refractivity contribution in [1.29, 1.82) is 0 Å². The number of nitro benzene ring substituents is 1. The van der Waals surface area contributed by atoms with Crippen molar-refractivity contribution < 1.29 is 29.3 Å². The lowest BCUT2D eigenvalue weighted by Crippen LogP contribution is -2.45. The van der Waals surface area contributed by atoms with E-state index in [9.17, 15) is 20.3 Å². The minimum atomic E-state index is -1.51. The Morgan fingerprint density at radius 3 is 2.81 bits per heavy atom. The average Bonchev–Trinajstić information content (AvgIpc) is 2.82. The Morgan fingerprint density at radius 2 is 2.24 bits per heavy atom. The van der Waals surface area contributed by atoms with Gasteiger partial charge in [-0.25, -0.2) is 0 Å². The Labute approximate surface area is 121 Å². The van der Waals surface area contributed by atoms with Crippen LogP contribution in [0.25, 0.3) is 0 Å². The molecule has 0 radical (unpaired) electrons. The van der Waals surface area contributed by atoms with E-state index in [1.54, 1.807) is 18.2 Å². The van der Waals surface area contributed by atoms with Gasteiger partial charge in [-0.1, -0.05) is 12.1 Å². The first-order chi connectivity index (χ1) is 10.0. The number of nitro groups is 1. The van der Waals surface area contributed by atoms with Gasteiger partial charge in [-0.05, 0) is 6.07 Å². The molecule has 8 heteroatoms. The molecule has 1 aromatic rings. The summed E-state index contributed by atoms with van der Waals surface area (Å²) in [6.45, 7) is -0.560. The van der Waals surface area contributed by atoms with Gasteiger partial charge in [0.25, 0.3) is 5.69 Å². The van der Waals surface area contributed by atoms with Crippen LogP contribution in [0.5, 0.6) is 0 Å².